The summed E-state index contributed by atoms with van der Waals surface area (Å²) in [6.07, 6.45) is 0.783. The largest absolute Gasteiger partial charge is 0.592 e. The van der Waals surface area contributed by atoms with Crippen molar-refractivity contribution < 1.29 is 18.3 Å². The van der Waals surface area contributed by atoms with E-state index in [-0.39, 0.29) is 0 Å². The second kappa shape index (κ2) is 11.9. The standard InChI is InChI=1S/C38H36N2O4Si/c1-4-38(29-16-10-6-11-17-29)34-23-21-31(42-3)27-36(34)44-45(32-18-12-7-13-19-32)40(38)25-24-39-37(28-14-8-5-9-15-28)33-22-20-30(41-2)26-35(33)43-45/h5-23,26-27H,4,24-25H2,1-3H3. The molecule has 0 aromatic heterocycles. The molecular formula is C38H36N2O4Si. The molecule has 2 atom stereocenters. The van der Waals surface area contributed by atoms with Gasteiger partial charge in [0, 0.05) is 40.6 Å². The molecule has 2 aliphatic rings. The molecule has 7 rings (SSSR count). The van der Waals surface area contributed by atoms with Gasteiger partial charge in [-0.1, -0.05) is 97.9 Å². The number of fused-ring (bicyclic) bond motifs is 3. The number of methoxy groups -OCH3 is 2. The lowest BCUT2D eigenvalue weighted by molar-refractivity contribution is 0.132. The average molecular weight is 613 g/mol. The molecule has 0 saturated heterocycles. The topological polar surface area (TPSA) is 52.5 Å². The van der Waals surface area contributed by atoms with Crippen LogP contribution in [0.2, 0.25) is 0 Å². The normalized spacial score (nSPS) is 20.8. The van der Waals surface area contributed by atoms with Gasteiger partial charge in [0.1, 0.15) is 23.0 Å². The summed E-state index contributed by atoms with van der Waals surface area (Å²) in [6.45, 7) is 3.40. The number of ether oxygens (including phenoxy) is 2. The summed E-state index contributed by atoms with van der Waals surface area (Å²) in [5.41, 5.74) is 4.49. The summed E-state index contributed by atoms with van der Waals surface area (Å²) in [5.74, 6) is 2.87. The molecule has 5 aromatic rings. The maximum Gasteiger partial charge on any atom is 0.592 e. The first kappa shape index (κ1) is 28.9. The van der Waals surface area contributed by atoms with Crippen LogP contribution in [0.4, 0.5) is 0 Å². The zero-order valence-electron chi connectivity index (χ0n) is 25.8. The zero-order chi connectivity index (χ0) is 30.9. The van der Waals surface area contributed by atoms with Gasteiger partial charge in [0.2, 0.25) is 0 Å². The van der Waals surface area contributed by atoms with Crippen molar-refractivity contribution >= 4 is 19.6 Å². The molecule has 0 radical (unpaired) electrons. The molecule has 226 valence electrons. The molecule has 0 saturated carbocycles. The van der Waals surface area contributed by atoms with Crippen molar-refractivity contribution in [2.45, 2.75) is 18.9 Å². The van der Waals surface area contributed by atoms with Gasteiger partial charge in [-0.2, -0.15) is 0 Å². The summed E-state index contributed by atoms with van der Waals surface area (Å²) in [4.78, 5) is 5.30. The molecule has 0 amide bonds. The quantitative estimate of drug-likeness (QED) is 0.197. The lowest BCUT2D eigenvalue weighted by Gasteiger charge is -2.54. The van der Waals surface area contributed by atoms with Crippen LogP contribution in [-0.4, -0.2) is 46.3 Å². The van der Waals surface area contributed by atoms with Gasteiger partial charge >= 0.3 is 8.72 Å². The summed E-state index contributed by atoms with van der Waals surface area (Å²) in [5, 5.41) is 1.00. The summed E-state index contributed by atoms with van der Waals surface area (Å²) in [7, 11) is -0.220. The Morgan fingerprint density at radius 2 is 1.33 bits per heavy atom. The van der Waals surface area contributed by atoms with Gasteiger partial charge in [-0.3, -0.25) is 4.99 Å². The molecule has 0 fully saturated rings. The van der Waals surface area contributed by atoms with Crippen LogP contribution in [0.3, 0.4) is 0 Å². The van der Waals surface area contributed by atoms with E-state index in [0.29, 0.717) is 24.6 Å². The predicted octanol–water partition coefficient (Wildman–Crippen LogP) is 6.83. The Bertz CT molecular complexity index is 1830. The molecule has 6 nitrogen and oxygen atoms in total. The molecule has 45 heavy (non-hydrogen) atoms. The van der Waals surface area contributed by atoms with Crippen LogP contribution >= 0.6 is 0 Å². The van der Waals surface area contributed by atoms with E-state index < -0.39 is 14.3 Å². The van der Waals surface area contributed by atoms with E-state index in [1.165, 1.54) is 5.56 Å². The summed E-state index contributed by atoms with van der Waals surface area (Å²) < 4.78 is 28.9. The molecule has 5 aromatic carbocycles. The van der Waals surface area contributed by atoms with E-state index in [4.69, 9.17) is 23.3 Å². The van der Waals surface area contributed by atoms with E-state index in [1.807, 2.05) is 54.6 Å². The van der Waals surface area contributed by atoms with Crippen LogP contribution in [0.15, 0.2) is 132 Å². The van der Waals surface area contributed by atoms with Crippen molar-refractivity contribution in [3.8, 4) is 23.0 Å². The van der Waals surface area contributed by atoms with E-state index in [2.05, 4.69) is 84.3 Å². The molecule has 2 heterocycles. The van der Waals surface area contributed by atoms with Gasteiger partial charge in [0.15, 0.2) is 0 Å². The smallest absolute Gasteiger partial charge is 0.497 e. The van der Waals surface area contributed by atoms with Crippen LogP contribution in [0.25, 0.3) is 0 Å². The van der Waals surface area contributed by atoms with Crippen LogP contribution in [0.1, 0.15) is 35.6 Å². The molecule has 0 spiro atoms. The second-order valence-electron chi connectivity index (χ2n) is 11.2. The Morgan fingerprint density at radius 1 is 0.733 bits per heavy atom. The van der Waals surface area contributed by atoms with Crippen molar-refractivity contribution in [2.24, 2.45) is 4.99 Å². The first-order chi connectivity index (χ1) is 22.1. The van der Waals surface area contributed by atoms with Gasteiger partial charge < -0.3 is 18.3 Å². The lowest BCUT2D eigenvalue weighted by Crippen LogP contribution is -2.78. The van der Waals surface area contributed by atoms with Gasteiger partial charge in [0.05, 0.1) is 32.0 Å². The fraction of sp³-hybridized carbons (Fsp3) is 0.184. The van der Waals surface area contributed by atoms with E-state index in [1.54, 1.807) is 14.2 Å². The number of benzene rings is 5. The van der Waals surface area contributed by atoms with Crippen LogP contribution in [0.5, 0.6) is 23.0 Å². The predicted molar refractivity (Wildman–Crippen MR) is 180 cm³/mol. The lowest BCUT2D eigenvalue weighted by atomic mass is 9.79. The number of nitrogens with zero attached hydrogens (tertiary/aromatic N) is 2. The van der Waals surface area contributed by atoms with E-state index >= 15 is 0 Å². The molecule has 7 heteroatoms. The monoisotopic (exact) mass is 612 g/mol. The minimum Gasteiger partial charge on any atom is -0.497 e. The van der Waals surface area contributed by atoms with Crippen molar-refractivity contribution in [3.63, 3.8) is 0 Å². The highest BCUT2D eigenvalue weighted by atomic mass is 28.4. The Balaban J connectivity index is 1.57. The Morgan fingerprint density at radius 3 is 2.00 bits per heavy atom. The SMILES string of the molecule is CCC1(c2ccccc2)c2ccc(OC)cc2O[Si]2(c3ccccc3)Oc3cc(OC)ccc3C(c3ccccc3)=NCCN12. The van der Waals surface area contributed by atoms with Gasteiger partial charge in [-0.15, -0.1) is 0 Å². The van der Waals surface area contributed by atoms with Crippen molar-refractivity contribution in [2.75, 3.05) is 27.3 Å². The van der Waals surface area contributed by atoms with E-state index in [0.717, 1.165) is 45.5 Å². The molecule has 0 N–H and O–H groups in total. The summed E-state index contributed by atoms with van der Waals surface area (Å²) >= 11 is 0. The third-order valence-electron chi connectivity index (χ3n) is 8.93. The summed E-state index contributed by atoms with van der Waals surface area (Å²) in [6, 6.07) is 43.6. The Hall–Kier alpha value is -4.85. The van der Waals surface area contributed by atoms with Crippen LogP contribution < -0.4 is 23.5 Å². The average Bonchev–Trinajstić information content (AvgIpc) is 3.18. The van der Waals surface area contributed by atoms with Crippen molar-refractivity contribution in [1.29, 1.82) is 0 Å². The highest BCUT2D eigenvalue weighted by Gasteiger charge is 2.64. The highest BCUT2D eigenvalue weighted by Crippen LogP contribution is 2.51. The molecular weight excluding hydrogens is 577 g/mol. The highest BCUT2D eigenvalue weighted by molar-refractivity contribution is 6.80. The Labute approximate surface area is 265 Å². The number of aliphatic imine (C=N–C) groups is 1. The minimum absolute atomic E-state index is 0.546. The number of hydrogen-bond donors (Lipinski definition) is 0. The van der Waals surface area contributed by atoms with Gasteiger partial charge in [-0.05, 0) is 36.2 Å². The third-order valence-corrected chi connectivity index (χ3v) is 12.3. The molecule has 0 aliphatic carbocycles. The minimum atomic E-state index is -3.58. The fourth-order valence-electron chi connectivity index (χ4n) is 6.85. The second-order valence-corrected chi connectivity index (χ2v) is 13.9. The first-order valence-electron chi connectivity index (χ1n) is 15.4. The van der Waals surface area contributed by atoms with Gasteiger partial charge in [-0.25, -0.2) is 4.57 Å². The van der Waals surface area contributed by atoms with Crippen LogP contribution in [0, 0.1) is 0 Å². The molecule has 2 unspecified atom stereocenters. The fourth-order valence-corrected chi connectivity index (χ4v) is 10.5. The number of rotatable bonds is 6. The number of hydrogen-bond acceptors (Lipinski definition) is 6. The maximum absolute atomic E-state index is 7.54. The van der Waals surface area contributed by atoms with Crippen LogP contribution in [-0.2, 0) is 5.54 Å². The zero-order valence-corrected chi connectivity index (χ0v) is 26.8. The molecule has 0 bridgehead atoms. The molecule has 2 aliphatic heterocycles. The Kier molecular flexibility index (Phi) is 7.65. The van der Waals surface area contributed by atoms with Crippen molar-refractivity contribution in [3.05, 3.63) is 150 Å². The van der Waals surface area contributed by atoms with E-state index in [9.17, 15) is 0 Å². The van der Waals surface area contributed by atoms with Gasteiger partial charge in [0.25, 0.3) is 0 Å². The van der Waals surface area contributed by atoms with Crippen molar-refractivity contribution in [1.82, 2.24) is 4.57 Å². The third kappa shape index (κ3) is 4.79. The first-order valence-corrected chi connectivity index (χ1v) is 17.1. The maximum atomic E-state index is 7.54.